The third kappa shape index (κ3) is 5.89. The molecule has 5 rings (SSSR count). The van der Waals surface area contributed by atoms with E-state index in [-0.39, 0.29) is 11.9 Å². The van der Waals surface area contributed by atoms with Crippen LogP contribution in [-0.2, 0) is 11.3 Å². The number of nitrogens with zero attached hydrogens (tertiary/aromatic N) is 5. The smallest absolute Gasteiger partial charge is 0.321 e. The van der Waals surface area contributed by atoms with Gasteiger partial charge in [-0.05, 0) is 60.6 Å². The van der Waals surface area contributed by atoms with Crippen molar-refractivity contribution in [2.45, 2.75) is 18.4 Å². The van der Waals surface area contributed by atoms with Gasteiger partial charge < -0.3 is 20.4 Å². The summed E-state index contributed by atoms with van der Waals surface area (Å²) >= 11 is 2.82. The summed E-state index contributed by atoms with van der Waals surface area (Å²) in [5, 5.41) is 17.0. The van der Waals surface area contributed by atoms with Crippen molar-refractivity contribution >= 4 is 63.4 Å². The molecule has 41 heavy (non-hydrogen) atoms. The summed E-state index contributed by atoms with van der Waals surface area (Å²) in [4.78, 5) is 37.8. The van der Waals surface area contributed by atoms with Gasteiger partial charge in [0.1, 0.15) is 4.91 Å². The molecule has 0 radical (unpaired) electrons. The van der Waals surface area contributed by atoms with Crippen molar-refractivity contribution in [1.29, 1.82) is 5.26 Å². The number of amides is 3. The number of anilines is 3. The maximum absolute atomic E-state index is 14.0. The second-order valence-corrected chi connectivity index (χ2v) is 11.6. The molecule has 2 aliphatic heterocycles. The molecule has 3 aromatic carbocycles. The maximum atomic E-state index is 14.0. The minimum Gasteiger partial charge on any atom is -0.384 e. The maximum Gasteiger partial charge on any atom is 0.321 e. The fourth-order valence-electron chi connectivity index (χ4n) is 4.33. The SMILES string of the molecule is CCNc1ccc(C#N)cc1N=C1S/C(=C2\Sc3cc(NC(=O)N(C)C)ccc3N2C)C(=O)N1Cc1ccccc1. The monoisotopic (exact) mass is 583 g/mol. The molecule has 0 bridgehead atoms. The molecule has 9 nitrogen and oxygen atoms in total. The van der Waals surface area contributed by atoms with Crippen LogP contribution in [-0.4, -0.2) is 54.6 Å². The van der Waals surface area contributed by atoms with Crippen LogP contribution in [0.5, 0.6) is 0 Å². The van der Waals surface area contributed by atoms with E-state index in [0.717, 1.165) is 26.9 Å². The zero-order valence-corrected chi connectivity index (χ0v) is 24.8. The highest BCUT2D eigenvalue weighted by Crippen LogP contribution is 2.51. The van der Waals surface area contributed by atoms with Crippen molar-refractivity contribution in [3.8, 4) is 6.07 Å². The molecular weight excluding hydrogens is 555 g/mol. The van der Waals surface area contributed by atoms with Gasteiger partial charge in [0.25, 0.3) is 5.91 Å². The molecule has 3 amide bonds. The molecule has 2 N–H and O–H groups in total. The highest BCUT2D eigenvalue weighted by Gasteiger charge is 2.39. The molecule has 1 fully saturated rings. The number of nitrogens with one attached hydrogen (secondary N) is 2. The Hall–Kier alpha value is -4.40. The lowest BCUT2D eigenvalue weighted by atomic mass is 10.2. The molecule has 2 heterocycles. The molecule has 0 atom stereocenters. The van der Waals surface area contributed by atoms with E-state index in [1.54, 1.807) is 31.1 Å². The van der Waals surface area contributed by atoms with Gasteiger partial charge in [0.15, 0.2) is 5.17 Å². The Balaban J connectivity index is 1.54. The summed E-state index contributed by atoms with van der Waals surface area (Å²) in [6.07, 6.45) is 0. The number of benzene rings is 3. The molecule has 208 valence electrons. The lowest BCUT2D eigenvalue weighted by Crippen LogP contribution is -2.29. The summed E-state index contributed by atoms with van der Waals surface area (Å²) in [5.74, 6) is -0.137. The van der Waals surface area contributed by atoms with E-state index in [1.807, 2.05) is 73.5 Å². The fourth-order valence-corrected chi connectivity index (χ4v) is 6.70. The average molecular weight is 584 g/mol. The van der Waals surface area contributed by atoms with Crippen LogP contribution in [0.1, 0.15) is 18.1 Å². The lowest BCUT2D eigenvalue weighted by Gasteiger charge is -2.17. The first-order chi connectivity index (χ1) is 19.8. The van der Waals surface area contributed by atoms with Crippen molar-refractivity contribution in [3.05, 3.63) is 87.8 Å². The van der Waals surface area contributed by atoms with Crippen LogP contribution in [0.25, 0.3) is 0 Å². The Labute approximate surface area is 247 Å². The second-order valence-electron chi connectivity index (χ2n) is 9.55. The highest BCUT2D eigenvalue weighted by molar-refractivity contribution is 8.19. The van der Waals surface area contributed by atoms with Gasteiger partial charge in [0.05, 0.1) is 40.3 Å². The molecule has 0 spiro atoms. The molecule has 1 saturated heterocycles. The number of amidine groups is 1. The first-order valence-corrected chi connectivity index (χ1v) is 14.6. The van der Waals surface area contributed by atoms with Gasteiger partial charge in [-0.1, -0.05) is 42.1 Å². The van der Waals surface area contributed by atoms with Crippen LogP contribution in [0.4, 0.5) is 27.5 Å². The summed E-state index contributed by atoms with van der Waals surface area (Å²) in [6, 6.07) is 22.8. The van der Waals surface area contributed by atoms with Crippen LogP contribution < -0.4 is 15.5 Å². The van der Waals surface area contributed by atoms with E-state index in [1.165, 1.54) is 28.4 Å². The largest absolute Gasteiger partial charge is 0.384 e. The number of fused-ring (bicyclic) bond motifs is 1. The lowest BCUT2D eigenvalue weighted by molar-refractivity contribution is -0.122. The summed E-state index contributed by atoms with van der Waals surface area (Å²) in [7, 11) is 5.31. The molecule has 11 heteroatoms. The first kappa shape index (κ1) is 28.1. The Morgan fingerprint density at radius 3 is 2.56 bits per heavy atom. The number of urea groups is 1. The molecule has 0 saturated carbocycles. The van der Waals surface area contributed by atoms with Gasteiger partial charge in [0, 0.05) is 38.3 Å². The standard InChI is InChI=1S/C30H29N7O2S2/c1-5-32-22-13-11-20(17-31)15-23(22)34-30-37(18-19-9-7-6-8-10-19)27(38)26(41-30)28-36(4)24-14-12-21(16-25(24)40-28)33-29(39)35(2)3/h6-16,32H,5,18H2,1-4H3,(H,33,39)/b28-26-,34-30?. The third-order valence-electron chi connectivity index (χ3n) is 6.44. The van der Waals surface area contributed by atoms with Gasteiger partial charge in [0.2, 0.25) is 0 Å². The molecule has 2 aliphatic rings. The van der Waals surface area contributed by atoms with Crippen LogP contribution in [0.3, 0.4) is 0 Å². The Morgan fingerprint density at radius 1 is 1.07 bits per heavy atom. The van der Waals surface area contributed by atoms with Gasteiger partial charge in [-0.3, -0.25) is 9.69 Å². The summed E-state index contributed by atoms with van der Waals surface area (Å²) in [6.45, 7) is 3.05. The van der Waals surface area contributed by atoms with E-state index in [0.29, 0.717) is 40.1 Å². The van der Waals surface area contributed by atoms with E-state index >= 15 is 0 Å². The van der Waals surface area contributed by atoms with Crippen molar-refractivity contribution in [2.24, 2.45) is 4.99 Å². The molecule has 3 aromatic rings. The predicted octanol–water partition coefficient (Wildman–Crippen LogP) is 6.26. The average Bonchev–Trinajstić information content (AvgIpc) is 3.45. The Kier molecular flexibility index (Phi) is 8.23. The third-order valence-corrected chi connectivity index (χ3v) is 8.86. The molecule has 0 unspecified atom stereocenters. The van der Waals surface area contributed by atoms with Crippen molar-refractivity contribution < 1.29 is 9.59 Å². The number of nitriles is 1. The van der Waals surface area contributed by atoms with Crippen LogP contribution in [0.2, 0.25) is 0 Å². The quantitative estimate of drug-likeness (QED) is 0.330. The summed E-state index contributed by atoms with van der Waals surface area (Å²) in [5.41, 5.74) is 4.50. The normalized spacial score (nSPS) is 17.0. The first-order valence-electron chi connectivity index (χ1n) is 13.0. The van der Waals surface area contributed by atoms with E-state index in [4.69, 9.17) is 4.99 Å². The summed E-state index contributed by atoms with van der Waals surface area (Å²) < 4.78 is 0. The molecule has 0 aromatic heterocycles. The van der Waals surface area contributed by atoms with Crippen LogP contribution >= 0.6 is 23.5 Å². The van der Waals surface area contributed by atoms with Gasteiger partial charge >= 0.3 is 6.03 Å². The van der Waals surface area contributed by atoms with Crippen molar-refractivity contribution in [1.82, 2.24) is 9.80 Å². The van der Waals surface area contributed by atoms with E-state index in [9.17, 15) is 14.9 Å². The number of carbonyl (C=O) groups excluding carboxylic acids is 2. The number of hydrogen-bond donors (Lipinski definition) is 2. The number of thioether (sulfide) groups is 2. The Morgan fingerprint density at radius 2 is 1.85 bits per heavy atom. The van der Waals surface area contributed by atoms with Crippen molar-refractivity contribution in [2.75, 3.05) is 43.2 Å². The van der Waals surface area contributed by atoms with Gasteiger partial charge in [-0.25, -0.2) is 9.79 Å². The zero-order valence-electron chi connectivity index (χ0n) is 23.1. The number of carbonyl (C=O) groups is 2. The second kappa shape index (κ2) is 12.0. The molecular formula is C30H29N7O2S2. The minimum atomic E-state index is -0.212. The fraction of sp³-hybridized carbons (Fsp3) is 0.200. The van der Waals surface area contributed by atoms with Crippen LogP contribution in [0, 0.1) is 11.3 Å². The van der Waals surface area contributed by atoms with E-state index in [2.05, 4.69) is 16.7 Å². The zero-order chi connectivity index (χ0) is 29.1. The van der Waals surface area contributed by atoms with Crippen molar-refractivity contribution in [3.63, 3.8) is 0 Å². The number of aliphatic imine (C=N–C) groups is 1. The van der Waals surface area contributed by atoms with Gasteiger partial charge in [-0.15, -0.1) is 0 Å². The predicted molar refractivity (Wildman–Crippen MR) is 167 cm³/mol. The topological polar surface area (TPSA) is 104 Å². The highest BCUT2D eigenvalue weighted by atomic mass is 32.2. The number of rotatable bonds is 6. The van der Waals surface area contributed by atoms with Gasteiger partial charge in [-0.2, -0.15) is 5.26 Å². The minimum absolute atomic E-state index is 0.137. The van der Waals surface area contributed by atoms with Crippen LogP contribution in [0.15, 0.2) is 86.6 Å². The van der Waals surface area contributed by atoms with E-state index < -0.39 is 0 Å². The Bertz CT molecular complexity index is 1610. The molecule has 0 aliphatic carbocycles. The number of hydrogen-bond acceptors (Lipinski definition) is 8.